The van der Waals surface area contributed by atoms with Gasteiger partial charge in [0.05, 0.1) is 0 Å². The summed E-state index contributed by atoms with van der Waals surface area (Å²) in [5, 5.41) is 8.95. The van der Waals surface area contributed by atoms with E-state index < -0.39 is 5.97 Å². The molecule has 0 saturated carbocycles. The molecule has 0 spiro atoms. The van der Waals surface area contributed by atoms with Crippen molar-refractivity contribution >= 4 is 5.97 Å². The number of carboxylic acid groups (broad SMARTS) is 1. The van der Waals surface area contributed by atoms with Crippen molar-refractivity contribution in [2.45, 2.75) is 52.0 Å². The third-order valence-electron chi connectivity index (χ3n) is 3.48. The summed E-state index contributed by atoms with van der Waals surface area (Å²) in [7, 11) is 0. The van der Waals surface area contributed by atoms with Crippen LogP contribution in [0.3, 0.4) is 0 Å². The number of hydrogen-bond donors (Lipinski definition) is 1. The smallest absolute Gasteiger partial charge is 0.320 e. The summed E-state index contributed by atoms with van der Waals surface area (Å²) in [6.07, 6.45) is 6.15. The molecule has 88 valence electrons. The van der Waals surface area contributed by atoms with Crippen molar-refractivity contribution in [2.24, 2.45) is 5.92 Å². The van der Waals surface area contributed by atoms with Gasteiger partial charge in [0, 0.05) is 0 Å². The molecule has 0 aromatic rings. The van der Waals surface area contributed by atoms with Gasteiger partial charge in [0.1, 0.15) is 6.04 Å². The molecule has 0 bridgehead atoms. The van der Waals surface area contributed by atoms with Crippen molar-refractivity contribution in [3.8, 4) is 0 Å². The maximum Gasteiger partial charge on any atom is 0.320 e. The molecule has 1 rings (SSSR count). The van der Waals surface area contributed by atoms with Crippen molar-refractivity contribution in [3.63, 3.8) is 0 Å². The van der Waals surface area contributed by atoms with Crippen molar-refractivity contribution in [2.75, 3.05) is 13.1 Å². The molecular weight excluding hydrogens is 190 g/mol. The molecule has 1 aliphatic rings. The average Bonchev–Trinajstić information content (AvgIpc) is 2.43. The Morgan fingerprint density at radius 1 is 1.47 bits per heavy atom. The first-order chi connectivity index (χ1) is 7.15. The number of carbonyl (C=O) groups is 1. The summed E-state index contributed by atoms with van der Waals surface area (Å²) in [6, 6.07) is -0.314. The predicted octanol–water partition coefficient (Wildman–Crippen LogP) is 2.36. The molecule has 1 saturated heterocycles. The Balaban J connectivity index is 2.41. The first kappa shape index (κ1) is 12.5. The maximum absolute atomic E-state index is 10.9. The monoisotopic (exact) mass is 213 g/mol. The third-order valence-corrected chi connectivity index (χ3v) is 3.48. The van der Waals surface area contributed by atoms with E-state index >= 15 is 0 Å². The van der Waals surface area contributed by atoms with Crippen LogP contribution in [0.25, 0.3) is 0 Å². The molecule has 2 atom stereocenters. The minimum absolute atomic E-state index is 0.314. The topological polar surface area (TPSA) is 40.5 Å². The lowest BCUT2D eigenvalue weighted by atomic mass is 9.96. The van der Waals surface area contributed by atoms with Crippen LogP contribution < -0.4 is 0 Å². The highest BCUT2D eigenvalue weighted by molar-refractivity contribution is 5.72. The standard InChI is InChI=1S/C12H23NO2/c1-3-5-11-6-4-8-13(9-7-11)10(2)12(14)15/h10-11H,3-9H2,1-2H3,(H,14,15). The van der Waals surface area contributed by atoms with Crippen LogP contribution in [0.15, 0.2) is 0 Å². The van der Waals surface area contributed by atoms with E-state index in [-0.39, 0.29) is 6.04 Å². The van der Waals surface area contributed by atoms with E-state index in [2.05, 4.69) is 11.8 Å². The largest absolute Gasteiger partial charge is 0.480 e. The Bertz CT molecular complexity index is 206. The lowest BCUT2D eigenvalue weighted by Gasteiger charge is -2.24. The fourth-order valence-corrected chi connectivity index (χ4v) is 2.43. The van der Waals surface area contributed by atoms with E-state index in [1.807, 2.05) is 0 Å². The predicted molar refractivity (Wildman–Crippen MR) is 60.9 cm³/mol. The summed E-state index contributed by atoms with van der Waals surface area (Å²) in [5.41, 5.74) is 0. The summed E-state index contributed by atoms with van der Waals surface area (Å²) >= 11 is 0. The Labute approximate surface area is 92.5 Å². The Hall–Kier alpha value is -0.570. The van der Waals surface area contributed by atoms with Gasteiger partial charge in [-0.25, -0.2) is 0 Å². The van der Waals surface area contributed by atoms with Crippen LogP contribution >= 0.6 is 0 Å². The average molecular weight is 213 g/mol. The van der Waals surface area contributed by atoms with Crippen molar-refractivity contribution < 1.29 is 9.90 Å². The normalized spacial score (nSPS) is 25.9. The van der Waals surface area contributed by atoms with E-state index in [0.717, 1.165) is 25.4 Å². The highest BCUT2D eigenvalue weighted by Gasteiger charge is 2.23. The quantitative estimate of drug-likeness (QED) is 0.779. The molecule has 1 aliphatic heterocycles. The number of rotatable bonds is 4. The van der Waals surface area contributed by atoms with Crippen molar-refractivity contribution in [1.29, 1.82) is 0 Å². The van der Waals surface area contributed by atoms with Gasteiger partial charge in [0.25, 0.3) is 0 Å². The second-order valence-corrected chi connectivity index (χ2v) is 4.64. The summed E-state index contributed by atoms with van der Waals surface area (Å²) < 4.78 is 0. The first-order valence-electron chi connectivity index (χ1n) is 6.12. The number of carboxylic acids is 1. The van der Waals surface area contributed by atoms with Crippen LogP contribution in [0.1, 0.15) is 46.0 Å². The van der Waals surface area contributed by atoms with Gasteiger partial charge in [-0.05, 0) is 45.2 Å². The number of hydrogen-bond acceptors (Lipinski definition) is 2. The Kier molecular flexibility index (Phi) is 5.09. The van der Waals surface area contributed by atoms with E-state index in [0.29, 0.717) is 0 Å². The zero-order valence-electron chi connectivity index (χ0n) is 9.91. The summed E-state index contributed by atoms with van der Waals surface area (Å²) in [5.74, 6) is 0.130. The van der Waals surface area contributed by atoms with Crippen molar-refractivity contribution in [1.82, 2.24) is 4.90 Å². The molecule has 2 unspecified atom stereocenters. The second-order valence-electron chi connectivity index (χ2n) is 4.64. The highest BCUT2D eigenvalue weighted by atomic mass is 16.4. The van der Waals surface area contributed by atoms with E-state index in [4.69, 9.17) is 5.11 Å². The molecule has 0 aliphatic carbocycles. The zero-order valence-corrected chi connectivity index (χ0v) is 9.91. The minimum atomic E-state index is -0.691. The zero-order chi connectivity index (χ0) is 11.3. The first-order valence-corrected chi connectivity index (χ1v) is 6.12. The Morgan fingerprint density at radius 2 is 2.20 bits per heavy atom. The van der Waals surface area contributed by atoms with Gasteiger partial charge in [-0.3, -0.25) is 9.69 Å². The molecular formula is C12H23NO2. The maximum atomic E-state index is 10.9. The molecule has 3 heteroatoms. The summed E-state index contributed by atoms with van der Waals surface area (Å²) in [6.45, 7) is 5.93. The second kappa shape index (κ2) is 6.11. The molecule has 1 fully saturated rings. The molecule has 0 amide bonds. The summed E-state index contributed by atoms with van der Waals surface area (Å²) in [4.78, 5) is 13.0. The van der Waals surface area contributed by atoms with Gasteiger partial charge in [-0.1, -0.05) is 19.8 Å². The highest BCUT2D eigenvalue weighted by Crippen LogP contribution is 2.22. The number of nitrogens with zero attached hydrogens (tertiary/aromatic N) is 1. The SMILES string of the molecule is CCCC1CCCN(C(C)C(=O)O)CC1. The lowest BCUT2D eigenvalue weighted by Crippen LogP contribution is -2.39. The van der Waals surface area contributed by atoms with Crippen LogP contribution in [-0.4, -0.2) is 35.1 Å². The van der Waals surface area contributed by atoms with E-state index in [1.54, 1.807) is 6.92 Å². The van der Waals surface area contributed by atoms with E-state index in [9.17, 15) is 4.79 Å². The van der Waals surface area contributed by atoms with E-state index in [1.165, 1.54) is 25.7 Å². The van der Waals surface area contributed by atoms with Crippen LogP contribution in [0.4, 0.5) is 0 Å². The van der Waals surface area contributed by atoms with Gasteiger partial charge in [-0.2, -0.15) is 0 Å². The molecule has 1 heterocycles. The molecule has 1 N–H and O–H groups in total. The fraction of sp³-hybridized carbons (Fsp3) is 0.917. The number of aliphatic carboxylic acids is 1. The van der Waals surface area contributed by atoms with Gasteiger partial charge in [0.2, 0.25) is 0 Å². The van der Waals surface area contributed by atoms with Crippen LogP contribution in [-0.2, 0) is 4.79 Å². The Morgan fingerprint density at radius 3 is 2.80 bits per heavy atom. The third kappa shape index (κ3) is 3.82. The molecule has 3 nitrogen and oxygen atoms in total. The van der Waals surface area contributed by atoms with Crippen molar-refractivity contribution in [3.05, 3.63) is 0 Å². The van der Waals surface area contributed by atoms with Gasteiger partial charge < -0.3 is 5.11 Å². The van der Waals surface area contributed by atoms with Crippen LogP contribution in [0.5, 0.6) is 0 Å². The molecule has 0 aromatic heterocycles. The van der Waals surface area contributed by atoms with Crippen LogP contribution in [0.2, 0.25) is 0 Å². The van der Waals surface area contributed by atoms with Crippen LogP contribution in [0, 0.1) is 5.92 Å². The lowest BCUT2D eigenvalue weighted by molar-refractivity contribution is -0.142. The molecule has 0 aromatic carbocycles. The molecule has 0 radical (unpaired) electrons. The number of likely N-dealkylation sites (tertiary alicyclic amines) is 1. The van der Waals surface area contributed by atoms with Gasteiger partial charge in [0.15, 0.2) is 0 Å². The van der Waals surface area contributed by atoms with Gasteiger partial charge >= 0.3 is 5.97 Å². The fourth-order valence-electron chi connectivity index (χ4n) is 2.43. The molecule has 15 heavy (non-hydrogen) atoms. The van der Waals surface area contributed by atoms with Gasteiger partial charge in [-0.15, -0.1) is 0 Å². The minimum Gasteiger partial charge on any atom is -0.480 e.